The molecule has 1 aromatic heterocycles. The first-order chi connectivity index (χ1) is 10.1. The molecule has 1 aromatic rings. The van der Waals surface area contributed by atoms with E-state index in [2.05, 4.69) is 22.2 Å². The fourth-order valence-corrected chi connectivity index (χ4v) is 4.17. The van der Waals surface area contributed by atoms with Crippen molar-refractivity contribution in [1.29, 1.82) is 0 Å². The van der Waals surface area contributed by atoms with Crippen molar-refractivity contribution in [3.05, 3.63) is 11.3 Å². The Balaban J connectivity index is 1.73. The van der Waals surface area contributed by atoms with Crippen LogP contribution in [0.5, 0.6) is 5.88 Å². The number of likely N-dealkylation sites (tertiary alicyclic amines) is 1. The number of aryl methyl sites for hydroxylation is 2. The molecule has 2 fully saturated rings. The first kappa shape index (κ1) is 14.9. The summed E-state index contributed by atoms with van der Waals surface area (Å²) in [4.78, 5) is 2.60. The third-order valence-corrected chi connectivity index (χ3v) is 5.17. The van der Waals surface area contributed by atoms with E-state index in [1.54, 1.807) is 7.11 Å². The first-order valence-electron chi connectivity index (χ1n) is 8.13. The molecule has 2 aliphatic rings. The van der Waals surface area contributed by atoms with E-state index in [1.807, 2.05) is 11.7 Å². The maximum atomic E-state index is 5.54. The van der Waals surface area contributed by atoms with Crippen molar-refractivity contribution in [2.45, 2.75) is 39.2 Å². The molecule has 1 spiro atoms. The zero-order chi connectivity index (χ0) is 14.9. The fourth-order valence-electron chi connectivity index (χ4n) is 4.17. The molecule has 1 N–H and O–H groups in total. The SMILES string of the molecule is COc1c(CN2CCCC3(CCCNC3)C2)c(C)nn1C. The summed E-state index contributed by atoms with van der Waals surface area (Å²) in [5.41, 5.74) is 2.84. The minimum Gasteiger partial charge on any atom is -0.481 e. The summed E-state index contributed by atoms with van der Waals surface area (Å²) in [5.74, 6) is 0.911. The topological polar surface area (TPSA) is 42.3 Å². The normalized spacial score (nSPS) is 27.2. The van der Waals surface area contributed by atoms with Crippen molar-refractivity contribution >= 4 is 0 Å². The van der Waals surface area contributed by atoms with E-state index in [9.17, 15) is 0 Å². The number of nitrogens with zero attached hydrogens (tertiary/aromatic N) is 3. The molecule has 1 atom stereocenters. The molecule has 0 saturated carbocycles. The van der Waals surface area contributed by atoms with Crippen molar-refractivity contribution in [2.75, 3.05) is 33.3 Å². The quantitative estimate of drug-likeness (QED) is 0.921. The number of aromatic nitrogens is 2. The van der Waals surface area contributed by atoms with Crippen molar-refractivity contribution in [3.8, 4) is 5.88 Å². The lowest BCUT2D eigenvalue weighted by molar-refractivity contribution is 0.0594. The largest absolute Gasteiger partial charge is 0.481 e. The van der Waals surface area contributed by atoms with Crippen molar-refractivity contribution < 1.29 is 4.74 Å². The Kier molecular flexibility index (Phi) is 4.22. The molecule has 0 aliphatic carbocycles. The minimum atomic E-state index is 0.500. The van der Waals surface area contributed by atoms with Gasteiger partial charge in [0, 0.05) is 26.7 Å². The number of hydrogen-bond donors (Lipinski definition) is 1. The molecule has 21 heavy (non-hydrogen) atoms. The van der Waals surface area contributed by atoms with Gasteiger partial charge in [-0.25, -0.2) is 4.68 Å². The lowest BCUT2D eigenvalue weighted by atomic mass is 9.74. The molecule has 5 heteroatoms. The molecule has 5 nitrogen and oxygen atoms in total. The van der Waals surface area contributed by atoms with E-state index < -0.39 is 0 Å². The van der Waals surface area contributed by atoms with E-state index in [-0.39, 0.29) is 0 Å². The van der Waals surface area contributed by atoms with Gasteiger partial charge in [0.2, 0.25) is 5.88 Å². The van der Waals surface area contributed by atoms with Gasteiger partial charge >= 0.3 is 0 Å². The number of piperidine rings is 2. The Bertz CT molecular complexity index is 485. The van der Waals surface area contributed by atoms with E-state index in [0.717, 1.165) is 18.1 Å². The molecule has 3 rings (SSSR count). The minimum absolute atomic E-state index is 0.500. The highest BCUT2D eigenvalue weighted by Crippen LogP contribution is 2.37. The Morgan fingerprint density at radius 3 is 2.86 bits per heavy atom. The van der Waals surface area contributed by atoms with Crippen LogP contribution < -0.4 is 10.1 Å². The summed E-state index contributed by atoms with van der Waals surface area (Å²) in [6, 6.07) is 0. The predicted molar refractivity (Wildman–Crippen MR) is 83.5 cm³/mol. The van der Waals surface area contributed by atoms with Gasteiger partial charge in [0.05, 0.1) is 18.4 Å². The van der Waals surface area contributed by atoms with Gasteiger partial charge < -0.3 is 10.1 Å². The summed E-state index contributed by atoms with van der Waals surface area (Å²) in [7, 11) is 3.70. The average Bonchev–Trinajstić information content (AvgIpc) is 2.73. The zero-order valence-electron chi connectivity index (χ0n) is 13.6. The van der Waals surface area contributed by atoms with Gasteiger partial charge in [-0.05, 0) is 51.1 Å². The number of ether oxygens (including phenoxy) is 1. The van der Waals surface area contributed by atoms with Crippen molar-refractivity contribution in [1.82, 2.24) is 20.0 Å². The first-order valence-corrected chi connectivity index (χ1v) is 8.13. The van der Waals surface area contributed by atoms with E-state index in [1.165, 1.54) is 57.4 Å². The van der Waals surface area contributed by atoms with Gasteiger partial charge in [-0.1, -0.05) is 0 Å². The summed E-state index contributed by atoms with van der Waals surface area (Å²) < 4.78 is 7.39. The van der Waals surface area contributed by atoms with Crippen LogP contribution in [0.15, 0.2) is 0 Å². The molecule has 0 radical (unpaired) electrons. The van der Waals surface area contributed by atoms with Crippen LogP contribution in [0.4, 0.5) is 0 Å². The molecule has 0 bridgehead atoms. The van der Waals surface area contributed by atoms with Gasteiger partial charge in [0.15, 0.2) is 0 Å². The van der Waals surface area contributed by atoms with E-state index in [0.29, 0.717) is 5.41 Å². The smallest absolute Gasteiger partial charge is 0.216 e. The number of hydrogen-bond acceptors (Lipinski definition) is 4. The number of rotatable bonds is 3. The summed E-state index contributed by atoms with van der Waals surface area (Å²) in [6.07, 6.45) is 5.38. The van der Waals surface area contributed by atoms with Crippen LogP contribution in [0.1, 0.15) is 36.9 Å². The van der Waals surface area contributed by atoms with Crippen LogP contribution >= 0.6 is 0 Å². The Morgan fingerprint density at radius 1 is 1.33 bits per heavy atom. The van der Waals surface area contributed by atoms with Crippen molar-refractivity contribution in [3.63, 3.8) is 0 Å². The second-order valence-electron chi connectivity index (χ2n) is 6.79. The fraction of sp³-hybridized carbons (Fsp3) is 0.812. The van der Waals surface area contributed by atoms with Crippen LogP contribution in [0, 0.1) is 12.3 Å². The predicted octanol–water partition coefficient (Wildman–Crippen LogP) is 1.70. The third kappa shape index (κ3) is 2.94. The van der Waals surface area contributed by atoms with Gasteiger partial charge in [-0.15, -0.1) is 0 Å². The summed E-state index contributed by atoms with van der Waals surface area (Å²) in [5, 5.41) is 8.10. The van der Waals surface area contributed by atoms with Crippen LogP contribution in [0.25, 0.3) is 0 Å². The Morgan fingerprint density at radius 2 is 2.14 bits per heavy atom. The molecular formula is C16H28N4O. The Hall–Kier alpha value is -1.07. The molecule has 0 aromatic carbocycles. The van der Waals surface area contributed by atoms with Gasteiger partial charge in [-0.3, -0.25) is 4.90 Å². The van der Waals surface area contributed by atoms with Gasteiger partial charge in [-0.2, -0.15) is 5.10 Å². The maximum absolute atomic E-state index is 5.54. The number of nitrogens with one attached hydrogen (secondary N) is 1. The van der Waals surface area contributed by atoms with Gasteiger partial charge in [0.25, 0.3) is 0 Å². The molecule has 1 unspecified atom stereocenters. The lowest BCUT2D eigenvalue weighted by Crippen LogP contribution is -2.50. The summed E-state index contributed by atoms with van der Waals surface area (Å²) in [6.45, 7) is 7.82. The zero-order valence-corrected chi connectivity index (χ0v) is 13.6. The highest BCUT2D eigenvalue weighted by atomic mass is 16.5. The van der Waals surface area contributed by atoms with Crippen LogP contribution in [-0.4, -0.2) is 48.0 Å². The van der Waals surface area contributed by atoms with Crippen LogP contribution in [0.2, 0.25) is 0 Å². The van der Waals surface area contributed by atoms with E-state index in [4.69, 9.17) is 4.74 Å². The summed E-state index contributed by atoms with van der Waals surface area (Å²) >= 11 is 0. The standard InChI is InChI=1S/C16H28N4O/c1-13-14(15(21-3)19(2)18-13)10-20-9-5-7-16(12-20)6-4-8-17-11-16/h17H,4-12H2,1-3H3. The van der Waals surface area contributed by atoms with Gasteiger partial charge in [0.1, 0.15) is 0 Å². The molecule has 2 saturated heterocycles. The third-order valence-electron chi connectivity index (χ3n) is 5.17. The highest BCUT2D eigenvalue weighted by Gasteiger charge is 2.36. The molecular weight excluding hydrogens is 264 g/mol. The highest BCUT2D eigenvalue weighted by molar-refractivity contribution is 5.30. The second-order valence-corrected chi connectivity index (χ2v) is 6.79. The van der Waals surface area contributed by atoms with Crippen molar-refractivity contribution in [2.24, 2.45) is 12.5 Å². The Labute approximate surface area is 127 Å². The average molecular weight is 292 g/mol. The second kappa shape index (κ2) is 5.97. The van der Waals surface area contributed by atoms with E-state index >= 15 is 0 Å². The number of methoxy groups -OCH3 is 1. The monoisotopic (exact) mass is 292 g/mol. The molecule has 0 amide bonds. The lowest BCUT2D eigenvalue weighted by Gasteiger charge is -2.45. The molecule has 2 aliphatic heterocycles. The maximum Gasteiger partial charge on any atom is 0.216 e. The molecule has 3 heterocycles. The molecule has 118 valence electrons. The van der Waals surface area contributed by atoms with Crippen LogP contribution in [0.3, 0.4) is 0 Å². The van der Waals surface area contributed by atoms with Crippen LogP contribution in [-0.2, 0) is 13.6 Å².